The number of rotatable bonds is 3. The third-order valence-corrected chi connectivity index (χ3v) is 1.88. The Labute approximate surface area is 70.4 Å². The number of Topliss-reactive ketones (excluding diaryl/α,β-unsaturated/α-hetero) is 1. The first-order valence-corrected chi connectivity index (χ1v) is 3.86. The second kappa shape index (κ2) is 3.43. The number of hydrogen-bond donors (Lipinski definition) is 0. The maximum atomic E-state index is 11.0. The lowest BCUT2D eigenvalue weighted by atomic mass is 9.98. The second-order valence-electron chi connectivity index (χ2n) is 2.93. The molecule has 12 heavy (non-hydrogen) atoms. The Morgan fingerprint density at radius 3 is 2.25 bits per heavy atom. The zero-order chi connectivity index (χ0) is 9.14. The largest absolute Gasteiger partial charge is 0.300 e. The Morgan fingerprint density at radius 1 is 1.33 bits per heavy atom. The van der Waals surface area contributed by atoms with E-state index in [4.69, 9.17) is 0 Å². The lowest BCUT2D eigenvalue weighted by Gasteiger charge is -2.03. The monoisotopic (exact) mass is 166 g/mol. The molecule has 0 aliphatic heterocycles. The Kier molecular flexibility index (Phi) is 2.53. The molecule has 0 radical (unpaired) electrons. The van der Waals surface area contributed by atoms with E-state index < -0.39 is 5.92 Å². The van der Waals surface area contributed by atoms with Crippen LogP contribution in [0.5, 0.6) is 0 Å². The van der Waals surface area contributed by atoms with Crippen molar-refractivity contribution in [2.75, 3.05) is 0 Å². The lowest BCUT2D eigenvalue weighted by Crippen LogP contribution is -2.16. The minimum atomic E-state index is -0.575. The van der Waals surface area contributed by atoms with E-state index in [1.807, 2.05) is 0 Å². The highest BCUT2D eigenvalue weighted by Crippen LogP contribution is 2.16. The summed E-state index contributed by atoms with van der Waals surface area (Å²) in [7, 11) is 0. The van der Waals surface area contributed by atoms with E-state index in [9.17, 15) is 14.4 Å². The summed E-state index contributed by atoms with van der Waals surface area (Å²) < 4.78 is 0. The van der Waals surface area contributed by atoms with Gasteiger partial charge in [0.05, 0.1) is 5.92 Å². The van der Waals surface area contributed by atoms with Crippen LogP contribution in [-0.2, 0) is 14.4 Å². The van der Waals surface area contributed by atoms with Crippen molar-refractivity contribution in [2.24, 2.45) is 5.92 Å². The molecule has 0 amide bonds. The van der Waals surface area contributed by atoms with Gasteiger partial charge in [-0.2, -0.15) is 0 Å². The molecule has 0 aromatic heterocycles. The van der Waals surface area contributed by atoms with Crippen molar-refractivity contribution < 1.29 is 14.4 Å². The summed E-state index contributed by atoms with van der Waals surface area (Å²) in [5.74, 6) is -0.890. The van der Waals surface area contributed by atoms with Gasteiger partial charge in [0.15, 0.2) is 11.6 Å². The highest BCUT2D eigenvalue weighted by atomic mass is 16.2. The summed E-state index contributed by atoms with van der Waals surface area (Å²) in [6.45, 7) is 1.46. The van der Waals surface area contributed by atoms with Crippen molar-refractivity contribution in [1.29, 1.82) is 0 Å². The fourth-order valence-corrected chi connectivity index (χ4v) is 1.17. The molecule has 0 saturated carbocycles. The van der Waals surface area contributed by atoms with Crippen LogP contribution in [0.3, 0.4) is 0 Å². The Hall–Kier alpha value is -1.25. The Balaban J connectivity index is 2.48. The first-order valence-electron chi connectivity index (χ1n) is 3.86. The van der Waals surface area contributed by atoms with E-state index in [-0.39, 0.29) is 17.3 Å². The SMILES string of the molecule is CC(=O)CCC1C(=O)C=CC1=O. The van der Waals surface area contributed by atoms with Crippen molar-refractivity contribution in [2.45, 2.75) is 19.8 Å². The van der Waals surface area contributed by atoms with Gasteiger partial charge in [0.2, 0.25) is 0 Å². The first kappa shape index (κ1) is 8.84. The standard InChI is InChI=1S/C9H10O3/c1-6(10)2-3-7-8(11)4-5-9(7)12/h4-5,7H,2-3H2,1H3. The number of carbonyl (C=O) groups is 3. The molecule has 1 rings (SSSR count). The van der Waals surface area contributed by atoms with Gasteiger partial charge in [0.1, 0.15) is 5.78 Å². The van der Waals surface area contributed by atoms with E-state index in [0.29, 0.717) is 12.8 Å². The van der Waals surface area contributed by atoms with E-state index in [2.05, 4.69) is 0 Å². The predicted octanol–water partition coefficient (Wildman–Crippen LogP) is 0.680. The molecule has 3 heteroatoms. The average molecular weight is 166 g/mol. The fraction of sp³-hybridized carbons (Fsp3) is 0.444. The normalized spacial score (nSPS) is 17.4. The van der Waals surface area contributed by atoms with Gasteiger partial charge in [-0.25, -0.2) is 0 Å². The van der Waals surface area contributed by atoms with Crippen LogP contribution in [0.1, 0.15) is 19.8 Å². The first-order chi connectivity index (χ1) is 5.61. The van der Waals surface area contributed by atoms with E-state index in [1.165, 1.54) is 19.1 Å². The zero-order valence-corrected chi connectivity index (χ0v) is 6.87. The van der Waals surface area contributed by atoms with E-state index >= 15 is 0 Å². The van der Waals surface area contributed by atoms with Crippen LogP contribution in [0.4, 0.5) is 0 Å². The summed E-state index contributed by atoms with van der Waals surface area (Å²) in [6, 6.07) is 0. The molecule has 0 aromatic rings. The molecule has 1 aliphatic carbocycles. The van der Waals surface area contributed by atoms with Gasteiger partial charge in [-0.15, -0.1) is 0 Å². The molecule has 0 fully saturated rings. The third kappa shape index (κ3) is 1.87. The van der Waals surface area contributed by atoms with Crippen LogP contribution in [-0.4, -0.2) is 17.3 Å². The lowest BCUT2D eigenvalue weighted by molar-refractivity contribution is -0.126. The topological polar surface area (TPSA) is 51.2 Å². The molecular weight excluding hydrogens is 156 g/mol. The van der Waals surface area contributed by atoms with Crippen molar-refractivity contribution in [1.82, 2.24) is 0 Å². The van der Waals surface area contributed by atoms with Gasteiger partial charge < -0.3 is 4.79 Å². The Bertz CT molecular complexity index is 245. The highest BCUT2D eigenvalue weighted by molar-refractivity contribution is 6.18. The quantitative estimate of drug-likeness (QED) is 0.579. The van der Waals surface area contributed by atoms with Crippen LogP contribution in [0, 0.1) is 5.92 Å². The number of hydrogen-bond acceptors (Lipinski definition) is 3. The minimum Gasteiger partial charge on any atom is -0.300 e. The van der Waals surface area contributed by atoms with E-state index in [1.54, 1.807) is 0 Å². The molecule has 3 nitrogen and oxygen atoms in total. The molecular formula is C9H10O3. The Morgan fingerprint density at radius 2 is 1.83 bits per heavy atom. The third-order valence-electron chi connectivity index (χ3n) is 1.88. The maximum Gasteiger partial charge on any atom is 0.166 e. The van der Waals surface area contributed by atoms with Gasteiger partial charge in [0.25, 0.3) is 0 Å². The van der Waals surface area contributed by atoms with Crippen LogP contribution in [0.15, 0.2) is 12.2 Å². The second-order valence-corrected chi connectivity index (χ2v) is 2.93. The van der Waals surface area contributed by atoms with Gasteiger partial charge in [0, 0.05) is 6.42 Å². The maximum absolute atomic E-state index is 11.0. The molecule has 0 saturated heterocycles. The van der Waals surface area contributed by atoms with Crippen LogP contribution in [0.25, 0.3) is 0 Å². The summed E-state index contributed by atoms with van der Waals surface area (Å²) in [6.07, 6.45) is 3.24. The van der Waals surface area contributed by atoms with Crippen molar-refractivity contribution >= 4 is 17.3 Å². The summed E-state index contributed by atoms with van der Waals surface area (Å²) >= 11 is 0. The molecule has 1 aliphatic rings. The summed E-state index contributed by atoms with van der Waals surface area (Å²) in [5, 5.41) is 0. The van der Waals surface area contributed by atoms with Crippen LogP contribution < -0.4 is 0 Å². The van der Waals surface area contributed by atoms with Gasteiger partial charge >= 0.3 is 0 Å². The molecule has 0 atom stereocenters. The number of allylic oxidation sites excluding steroid dienone is 2. The molecule has 0 N–H and O–H groups in total. The van der Waals surface area contributed by atoms with Crippen LogP contribution in [0.2, 0.25) is 0 Å². The molecule has 0 bridgehead atoms. The highest BCUT2D eigenvalue weighted by Gasteiger charge is 2.27. The van der Waals surface area contributed by atoms with Crippen molar-refractivity contribution in [3.8, 4) is 0 Å². The molecule has 0 spiro atoms. The van der Waals surface area contributed by atoms with Gasteiger partial charge in [-0.1, -0.05) is 0 Å². The fourth-order valence-electron chi connectivity index (χ4n) is 1.17. The number of carbonyl (C=O) groups excluding carboxylic acids is 3. The minimum absolute atomic E-state index is 0.0162. The van der Waals surface area contributed by atoms with Crippen molar-refractivity contribution in [3.05, 3.63) is 12.2 Å². The average Bonchev–Trinajstić information content (AvgIpc) is 2.28. The molecule has 0 heterocycles. The predicted molar refractivity (Wildman–Crippen MR) is 42.6 cm³/mol. The summed E-state index contributed by atoms with van der Waals surface area (Å²) in [4.78, 5) is 32.5. The van der Waals surface area contributed by atoms with Crippen LogP contribution >= 0.6 is 0 Å². The van der Waals surface area contributed by atoms with E-state index in [0.717, 1.165) is 0 Å². The summed E-state index contributed by atoms with van der Waals surface area (Å²) in [5.41, 5.74) is 0. The molecule has 0 unspecified atom stereocenters. The van der Waals surface area contributed by atoms with Gasteiger partial charge in [-0.05, 0) is 25.5 Å². The number of ketones is 3. The smallest absolute Gasteiger partial charge is 0.166 e. The molecule has 64 valence electrons. The van der Waals surface area contributed by atoms with Crippen molar-refractivity contribution in [3.63, 3.8) is 0 Å². The zero-order valence-electron chi connectivity index (χ0n) is 6.87. The van der Waals surface area contributed by atoms with Gasteiger partial charge in [-0.3, -0.25) is 9.59 Å². The molecule has 0 aromatic carbocycles.